The summed E-state index contributed by atoms with van der Waals surface area (Å²) in [7, 11) is 0. The minimum atomic E-state index is -0.472. The van der Waals surface area contributed by atoms with Crippen LogP contribution < -0.4 is 10.6 Å². The van der Waals surface area contributed by atoms with Gasteiger partial charge in [0.1, 0.15) is 0 Å². The SMILES string of the molecule is CC(O)CNCCNC(=O)/C=C/c1ccc([N+](=O)[O-])cc1. The number of hydrogen-bond donors (Lipinski definition) is 3. The van der Waals surface area contributed by atoms with Gasteiger partial charge in [-0.05, 0) is 30.7 Å². The van der Waals surface area contributed by atoms with E-state index in [0.29, 0.717) is 25.2 Å². The van der Waals surface area contributed by atoms with Crippen molar-refractivity contribution < 1.29 is 14.8 Å². The van der Waals surface area contributed by atoms with Gasteiger partial charge in [-0.2, -0.15) is 0 Å². The Morgan fingerprint density at radius 1 is 1.38 bits per heavy atom. The molecule has 0 fully saturated rings. The van der Waals surface area contributed by atoms with Crippen LogP contribution in [0.1, 0.15) is 12.5 Å². The second-order valence-electron chi connectivity index (χ2n) is 4.53. The van der Waals surface area contributed by atoms with Crippen molar-refractivity contribution in [2.75, 3.05) is 19.6 Å². The van der Waals surface area contributed by atoms with Crippen molar-refractivity contribution in [3.63, 3.8) is 0 Å². The molecule has 0 aliphatic rings. The van der Waals surface area contributed by atoms with Gasteiger partial charge in [-0.25, -0.2) is 0 Å². The molecule has 0 aromatic heterocycles. The molecule has 21 heavy (non-hydrogen) atoms. The molecule has 0 bridgehead atoms. The Hall–Kier alpha value is -2.25. The number of carbonyl (C=O) groups excluding carboxylic acids is 1. The standard InChI is InChI=1S/C14H19N3O4/c1-11(18)10-15-8-9-16-14(19)7-4-12-2-5-13(6-3-12)17(20)21/h2-7,11,15,18H,8-10H2,1H3,(H,16,19)/b7-4+. The lowest BCUT2D eigenvalue weighted by Crippen LogP contribution is -2.33. The van der Waals surface area contributed by atoms with Crippen molar-refractivity contribution >= 4 is 17.7 Å². The van der Waals surface area contributed by atoms with Gasteiger partial charge in [0, 0.05) is 37.8 Å². The molecule has 1 rings (SSSR count). The zero-order valence-electron chi connectivity index (χ0n) is 11.8. The van der Waals surface area contributed by atoms with Gasteiger partial charge < -0.3 is 15.7 Å². The minimum Gasteiger partial charge on any atom is -0.392 e. The number of nitro benzene ring substituents is 1. The van der Waals surface area contributed by atoms with E-state index in [4.69, 9.17) is 5.11 Å². The van der Waals surface area contributed by atoms with Gasteiger partial charge in [-0.1, -0.05) is 0 Å². The number of carbonyl (C=O) groups is 1. The number of aliphatic hydroxyl groups is 1. The van der Waals surface area contributed by atoms with Crippen LogP contribution in [0.15, 0.2) is 30.3 Å². The summed E-state index contributed by atoms with van der Waals surface area (Å²) in [6, 6.07) is 5.92. The maximum Gasteiger partial charge on any atom is 0.269 e. The molecule has 7 heteroatoms. The van der Waals surface area contributed by atoms with E-state index >= 15 is 0 Å². The van der Waals surface area contributed by atoms with Crippen LogP contribution in [0, 0.1) is 10.1 Å². The van der Waals surface area contributed by atoms with Crippen molar-refractivity contribution in [1.29, 1.82) is 0 Å². The predicted molar refractivity (Wildman–Crippen MR) is 79.7 cm³/mol. The van der Waals surface area contributed by atoms with Gasteiger partial charge in [0.2, 0.25) is 5.91 Å². The lowest BCUT2D eigenvalue weighted by Gasteiger charge is -2.06. The molecule has 1 aromatic carbocycles. The fourth-order valence-electron chi connectivity index (χ4n) is 1.52. The van der Waals surface area contributed by atoms with Crippen LogP contribution >= 0.6 is 0 Å². The molecular formula is C14H19N3O4. The molecule has 0 saturated heterocycles. The highest BCUT2D eigenvalue weighted by atomic mass is 16.6. The number of nitrogens with zero attached hydrogens (tertiary/aromatic N) is 1. The number of amides is 1. The maximum absolute atomic E-state index is 11.5. The Balaban J connectivity index is 2.31. The number of aliphatic hydroxyl groups excluding tert-OH is 1. The van der Waals surface area contributed by atoms with Crippen molar-refractivity contribution in [1.82, 2.24) is 10.6 Å². The molecule has 0 saturated carbocycles. The Bertz CT molecular complexity index is 497. The molecule has 1 unspecified atom stereocenters. The quantitative estimate of drug-likeness (QED) is 0.283. The molecule has 0 heterocycles. The maximum atomic E-state index is 11.5. The molecule has 1 atom stereocenters. The first-order valence-electron chi connectivity index (χ1n) is 6.58. The Morgan fingerprint density at radius 3 is 2.62 bits per heavy atom. The van der Waals surface area contributed by atoms with Crippen molar-refractivity contribution in [3.8, 4) is 0 Å². The van der Waals surface area contributed by atoms with E-state index in [1.807, 2.05) is 0 Å². The first-order chi connectivity index (χ1) is 9.99. The van der Waals surface area contributed by atoms with Crippen LogP contribution in [-0.4, -0.2) is 41.7 Å². The zero-order chi connectivity index (χ0) is 15.7. The van der Waals surface area contributed by atoms with Gasteiger partial charge in [-0.15, -0.1) is 0 Å². The second kappa shape index (κ2) is 8.83. The summed E-state index contributed by atoms with van der Waals surface area (Å²) in [4.78, 5) is 21.5. The largest absolute Gasteiger partial charge is 0.392 e. The smallest absolute Gasteiger partial charge is 0.269 e. The topological polar surface area (TPSA) is 104 Å². The number of rotatable bonds is 8. The van der Waals surface area contributed by atoms with Gasteiger partial charge in [0.25, 0.3) is 5.69 Å². The summed E-state index contributed by atoms with van der Waals surface area (Å²) in [6.45, 7) is 3.19. The number of benzene rings is 1. The third-order valence-electron chi connectivity index (χ3n) is 2.57. The van der Waals surface area contributed by atoms with E-state index in [0.717, 1.165) is 0 Å². The monoisotopic (exact) mass is 293 g/mol. The molecule has 0 aliphatic heterocycles. The summed E-state index contributed by atoms with van der Waals surface area (Å²) < 4.78 is 0. The van der Waals surface area contributed by atoms with Gasteiger partial charge in [0.05, 0.1) is 11.0 Å². The molecule has 7 nitrogen and oxygen atoms in total. The zero-order valence-corrected chi connectivity index (χ0v) is 11.8. The third-order valence-corrected chi connectivity index (χ3v) is 2.57. The minimum absolute atomic E-state index is 0.0146. The summed E-state index contributed by atoms with van der Waals surface area (Å²) in [5.41, 5.74) is 0.726. The Labute approximate surface area is 122 Å². The Morgan fingerprint density at radius 2 is 2.05 bits per heavy atom. The van der Waals surface area contributed by atoms with E-state index < -0.39 is 11.0 Å². The molecule has 1 aromatic rings. The van der Waals surface area contributed by atoms with E-state index in [1.54, 1.807) is 25.1 Å². The summed E-state index contributed by atoms with van der Waals surface area (Å²) in [6.07, 6.45) is 2.54. The van der Waals surface area contributed by atoms with E-state index in [1.165, 1.54) is 18.2 Å². The first-order valence-corrected chi connectivity index (χ1v) is 6.58. The van der Waals surface area contributed by atoms with Crippen molar-refractivity contribution in [3.05, 3.63) is 46.0 Å². The average molecular weight is 293 g/mol. The normalized spacial score (nSPS) is 12.3. The molecule has 0 radical (unpaired) electrons. The van der Waals surface area contributed by atoms with Gasteiger partial charge >= 0.3 is 0 Å². The highest BCUT2D eigenvalue weighted by molar-refractivity contribution is 5.91. The molecule has 0 spiro atoms. The van der Waals surface area contributed by atoms with E-state index in [2.05, 4.69) is 10.6 Å². The molecule has 114 valence electrons. The number of nitro groups is 1. The molecular weight excluding hydrogens is 274 g/mol. The van der Waals surface area contributed by atoms with Crippen LogP contribution in [0.2, 0.25) is 0 Å². The second-order valence-corrected chi connectivity index (χ2v) is 4.53. The molecule has 0 aliphatic carbocycles. The number of non-ortho nitro benzene ring substituents is 1. The lowest BCUT2D eigenvalue weighted by atomic mass is 10.2. The fraction of sp³-hybridized carbons (Fsp3) is 0.357. The fourth-order valence-corrected chi connectivity index (χ4v) is 1.52. The predicted octanol–water partition coefficient (Wildman–Crippen LogP) is 0.695. The van der Waals surface area contributed by atoms with Crippen LogP contribution in [0.4, 0.5) is 5.69 Å². The highest BCUT2D eigenvalue weighted by Crippen LogP contribution is 2.12. The Kier molecular flexibility index (Phi) is 7.06. The van der Waals surface area contributed by atoms with Crippen LogP contribution in [0.3, 0.4) is 0 Å². The van der Waals surface area contributed by atoms with Crippen molar-refractivity contribution in [2.45, 2.75) is 13.0 Å². The van der Waals surface area contributed by atoms with Crippen LogP contribution in [0.25, 0.3) is 6.08 Å². The third kappa shape index (κ3) is 7.19. The first kappa shape index (κ1) is 16.8. The summed E-state index contributed by atoms with van der Waals surface area (Å²) in [5, 5.41) is 25.2. The average Bonchev–Trinajstić information content (AvgIpc) is 2.44. The molecule has 3 N–H and O–H groups in total. The van der Waals surface area contributed by atoms with E-state index in [9.17, 15) is 14.9 Å². The summed E-state index contributed by atoms with van der Waals surface area (Å²) >= 11 is 0. The van der Waals surface area contributed by atoms with Gasteiger partial charge in [0.15, 0.2) is 0 Å². The van der Waals surface area contributed by atoms with Gasteiger partial charge in [-0.3, -0.25) is 14.9 Å². The lowest BCUT2D eigenvalue weighted by molar-refractivity contribution is -0.384. The number of nitrogens with one attached hydrogen (secondary N) is 2. The highest BCUT2D eigenvalue weighted by Gasteiger charge is 2.02. The van der Waals surface area contributed by atoms with Crippen LogP contribution in [-0.2, 0) is 4.79 Å². The van der Waals surface area contributed by atoms with Crippen molar-refractivity contribution in [2.24, 2.45) is 0 Å². The van der Waals surface area contributed by atoms with Crippen LogP contribution in [0.5, 0.6) is 0 Å². The number of hydrogen-bond acceptors (Lipinski definition) is 5. The van der Waals surface area contributed by atoms with E-state index in [-0.39, 0.29) is 11.6 Å². The molecule has 1 amide bonds. The summed E-state index contributed by atoms with van der Waals surface area (Å²) in [5.74, 6) is -0.243.